The third-order valence-corrected chi connectivity index (χ3v) is 2.77. The lowest BCUT2D eigenvalue weighted by Crippen LogP contribution is -2.41. The molecule has 1 atom stereocenters. The van der Waals surface area contributed by atoms with Crippen LogP contribution < -0.4 is 5.43 Å². The minimum absolute atomic E-state index is 0.0604. The molecule has 3 heteroatoms. The third-order valence-electron chi connectivity index (χ3n) is 2.77. The average Bonchev–Trinajstić information content (AvgIpc) is 2.76. The average molecular weight is 192 g/mol. The molecule has 1 N–H and O–H groups in total. The molecule has 1 aliphatic carbocycles. The predicted molar refractivity (Wildman–Crippen MR) is 55.4 cm³/mol. The van der Waals surface area contributed by atoms with Gasteiger partial charge in [0.15, 0.2) is 0 Å². The van der Waals surface area contributed by atoms with Gasteiger partial charge in [-0.3, -0.25) is 0 Å². The molecular weight excluding hydrogens is 176 g/mol. The van der Waals surface area contributed by atoms with Crippen LogP contribution in [0, 0.1) is 0 Å². The smallest absolute Gasteiger partial charge is 0.138 e. The first-order valence-corrected chi connectivity index (χ1v) is 5.15. The number of allylic oxidation sites excluding steroid dienone is 3. The van der Waals surface area contributed by atoms with Crippen LogP contribution in [0.25, 0.3) is 0 Å². The number of nitrogens with one attached hydrogen (secondary N) is 1. The first kappa shape index (κ1) is 9.46. The molecule has 0 unspecified atom stereocenters. The van der Waals surface area contributed by atoms with Crippen LogP contribution >= 0.6 is 0 Å². The van der Waals surface area contributed by atoms with Gasteiger partial charge in [-0.1, -0.05) is 11.6 Å². The Morgan fingerprint density at radius 3 is 3.14 bits per heavy atom. The van der Waals surface area contributed by atoms with Crippen LogP contribution in [0.4, 0.5) is 0 Å². The van der Waals surface area contributed by atoms with Crippen molar-refractivity contribution in [2.24, 2.45) is 0 Å². The maximum absolute atomic E-state index is 10.7. The van der Waals surface area contributed by atoms with Crippen LogP contribution in [0.1, 0.15) is 26.2 Å². The van der Waals surface area contributed by atoms with Crippen LogP contribution in [-0.4, -0.2) is 23.9 Å². The Labute approximate surface area is 84.4 Å². The molecule has 0 amide bonds. The molecule has 76 valence electrons. The molecule has 2 rings (SSSR count). The minimum atomic E-state index is 0.0604. The molecule has 0 aromatic rings. The SMILES string of the molecule is CC1=CC(NN2CCC[C@H]2C=O)=CC1. The Morgan fingerprint density at radius 2 is 2.50 bits per heavy atom. The van der Waals surface area contributed by atoms with Crippen molar-refractivity contribution < 1.29 is 4.79 Å². The number of carbonyl (C=O) groups is 1. The van der Waals surface area contributed by atoms with Gasteiger partial charge in [-0.25, -0.2) is 5.01 Å². The second-order valence-corrected chi connectivity index (χ2v) is 4.01. The number of rotatable bonds is 3. The summed E-state index contributed by atoms with van der Waals surface area (Å²) in [6.07, 6.45) is 8.45. The van der Waals surface area contributed by atoms with Crippen molar-refractivity contribution in [3.8, 4) is 0 Å². The van der Waals surface area contributed by atoms with E-state index in [1.54, 1.807) is 0 Å². The van der Waals surface area contributed by atoms with Crippen molar-refractivity contribution in [1.29, 1.82) is 0 Å². The normalized spacial score (nSPS) is 27.4. The van der Waals surface area contributed by atoms with E-state index in [4.69, 9.17) is 0 Å². The van der Waals surface area contributed by atoms with Crippen LogP contribution in [0.5, 0.6) is 0 Å². The molecule has 0 bridgehead atoms. The fourth-order valence-electron chi connectivity index (χ4n) is 1.97. The molecule has 0 spiro atoms. The van der Waals surface area contributed by atoms with Crippen LogP contribution in [0.15, 0.2) is 23.4 Å². The molecule has 1 saturated heterocycles. The number of hydrazine groups is 1. The lowest BCUT2D eigenvalue weighted by molar-refractivity contribution is -0.112. The summed E-state index contributed by atoms with van der Waals surface area (Å²) < 4.78 is 0. The number of hydrogen-bond acceptors (Lipinski definition) is 3. The van der Waals surface area contributed by atoms with Crippen molar-refractivity contribution >= 4 is 6.29 Å². The lowest BCUT2D eigenvalue weighted by Gasteiger charge is -2.22. The Balaban J connectivity index is 1.94. The quantitative estimate of drug-likeness (QED) is 0.686. The van der Waals surface area contributed by atoms with Gasteiger partial charge >= 0.3 is 0 Å². The molecule has 2 aliphatic rings. The maximum atomic E-state index is 10.7. The molecule has 3 nitrogen and oxygen atoms in total. The third kappa shape index (κ3) is 1.87. The standard InChI is InChI=1S/C11H16N2O/c1-9-4-5-10(7-9)12-13-6-2-3-11(13)8-14/h5,7-8,11-12H,2-4,6H2,1H3/t11-/m0/s1. The van der Waals surface area contributed by atoms with Crippen molar-refractivity contribution in [3.63, 3.8) is 0 Å². The van der Waals surface area contributed by atoms with E-state index in [1.165, 1.54) is 5.57 Å². The van der Waals surface area contributed by atoms with Crippen LogP contribution in [0.2, 0.25) is 0 Å². The van der Waals surface area contributed by atoms with Gasteiger partial charge in [0.05, 0.1) is 6.04 Å². The summed E-state index contributed by atoms with van der Waals surface area (Å²) in [5.41, 5.74) is 5.80. The number of aldehydes is 1. The zero-order valence-electron chi connectivity index (χ0n) is 8.49. The topological polar surface area (TPSA) is 32.3 Å². The summed E-state index contributed by atoms with van der Waals surface area (Å²) in [5, 5.41) is 2.04. The maximum Gasteiger partial charge on any atom is 0.138 e. The highest BCUT2D eigenvalue weighted by Crippen LogP contribution is 2.18. The molecule has 1 fully saturated rings. The Hall–Kier alpha value is -1.09. The monoisotopic (exact) mass is 192 g/mol. The van der Waals surface area contributed by atoms with E-state index < -0.39 is 0 Å². The predicted octanol–water partition coefficient (Wildman–Crippen LogP) is 1.39. The summed E-state index contributed by atoms with van der Waals surface area (Å²) in [4.78, 5) is 10.7. The highest BCUT2D eigenvalue weighted by molar-refractivity contribution is 5.58. The van der Waals surface area contributed by atoms with E-state index in [-0.39, 0.29) is 6.04 Å². The van der Waals surface area contributed by atoms with Gasteiger partial charge in [0.25, 0.3) is 0 Å². The zero-order chi connectivity index (χ0) is 9.97. The highest BCUT2D eigenvalue weighted by Gasteiger charge is 2.24. The van der Waals surface area contributed by atoms with Gasteiger partial charge in [-0.05, 0) is 32.3 Å². The molecule has 1 aliphatic heterocycles. The largest absolute Gasteiger partial charge is 0.319 e. The van der Waals surface area contributed by atoms with E-state index in [0.717, 1.165) is 37.8 Å². The first-order chi connectivity index (χ1) is 6.79. The summed E-state index contributed by atoms with van der Waals surface area (Å²) in [6, 6.07) is 0.0604. The fourth-order valence-corrected chi connectivity index (χ4v) is 1.97. The van der Waals surface area contributed by atoms with Crippen molar-refractivity contribution in [1.82, 2.24) is 10.4 Å². The van der Waals surface area contributed by atoms with Crippen LogP contribution in [0.3, 0.4) is 0 Å². The number of carbonyl (C=O) groups excluding carboxylic acids is 1. The van der Waals surface area contributed by atoms with Crippen LogP contribution in [-0.2, 0) is 4.79 Å². The molecular formula is C11H16N2O. The Bertz CT molecular complexity index is 294. The van der Waals surface area contributed by atoms with Gasteiger partial charge in [-0.15, -0.1) is 0 Å². The second-order valence-electron chi connectivity index (χ2n) is 4.01. The summed E-state index contributed by atoms with van der Waals surface area (Å²) >= 11 is 0. The molecule has 14 heavy (non-hydrogen) atoms. The van der Waals surface area contributed by atoms with Crippen molar-refractivity contribution in [3.05, 3.63) is 23.4 Å². The molecule has 0 aromatic heterocycles. The second kappa shape index (κ2) is 3.96. The van der Waals surface area contributed by atoms with Gasteiger partial charge in [0.2, 0.25) is 0 Å². The highest BCUT2D eigenvalue weighted by atomic mass is 16.1. The van der Waals surface area contributed by atoms with E-state index in [0.29, 0.717) is 0 Å². The summed E-state index contributed by atoms with van der Waals surface area (Å²) in [5.74, 6) is 0. The Kier molecular flexibility index (Phi) is 2.68. The number of nitrogens with zero attached hydrogens (tertiary/aromatic N) is 1. The van der Waals surface area contributed by atoms with E-state index in [2.05, 4.69) is 24.5 Å². The van der Waals surface area contributed by atoms with Gasteiger partial charge in [0, 0.05) is 12.2 Å². The van der Waals surface area contributed by atoms with Crippen molar-refractivity contribution in [2.75, 3.05) is 6.54 Å². The zero-order valence-corrected chi connectivity index (χ0v) is 8.49. The molecule has 0 aromatic carbocycles. The first-order valence-electron chi connectivity index (χ1n) is 5.15. The summed E-state index contributed by atoms with van der Waals surface area (Å²) in [7, 11) is 0. The molecule has 0 saturated carbocycles. The number of hydrogen-bond donors (Lipinski definition) is 1. The van der Waals surface area contributed by atoms with Gasteiger partial charge < -0.3 is 10.2 Å². The van der Waals surface area contributed by atoms with E-state index in [9.17, 15) is 4.79 Å². The van der Waals surface area contributed by atoms with E-state index >= 15 is 0 Å². The van der Waals surface area contributed by atoms with E-state index in [1.807, 2.05) is 5.01 Å². The minimum Gasteiger partial charge on any atom is -0.319 e. The fraction of sp³-hybridized carbons (Fsp3) is 0.545. The molecule has 1 heterocycles. The Morgan fingerprint density at radius 1 is 1.64 bits per heavy atom. The van der Waals surface area contributed by atoms with Crippen molar-refractivity contribution in [2.45, 2.75) is 32.2 Å². The molecule has 0 radical (unpaired) electrons. The van der Waals surface area contributed by atoms with Gasteiger partial charge in [-0.2, -0.15) is 0 Å². The summed E-state index contributed by atoms with van der Waals surface area (Å²) in [6.45, 7) is 3.08. The van der Waals surface area contributed by atoms with Gasteiger partial charge in [0.1, 0.15) is 6.29 Å². The lowest BCUT2D eigenvalue weighted by atomic mass is 10.2.